The number of benzene rings is 4. The highest BCUT2D eigenvalue weighted by Gasteiger charge is 2.05. The van der Waals surface area contributed by atoms with Gasteiger partial charge in [-0.1, -0.05) is 84.9 Å². The van der Waals surface area contributed by atoms with Crippen molar-refractivity contribution in [2.75, 3.05) is 23.9 Å². The second-order valence-electron chi connectivity index (χ2n) is 7.78. The maximum atomic E-state index is 2.28. The van der Waals surface area contributed by atoms with Gasteiger partial charge in [0.15, 0.2) is 0 Å². The van der Waals surface area contributed by atoms with Crippen molar-refractivity contribution in [2.24, 2.45) is 0 Å². The van der Waals surface area contributed by atoms with E-state index in [9.17, 15) is 0 Å². The highest BCUT2D eigenvalue weighted by Crippen LogP contribution is 2.26. The molecule has 0 unspecified atom stereocenters. The second kappa shape index (κ2) is 9.32. The monoisotopic (exact) mass is 392 g/mol. The van der Waals surface area contributed by atoms with Crippen LogP contribution in [0.15, 0.2) is 109 Å². The largest absolute Gasteiger partial charge is 0.370 e. The van der Waals surface area contributed by atoms with E-state index in [1.165, 1.54) is 33.6 Å². The van der Waals surface area contributed by atoms with Gasteiger partial charge < -0.3 is 9.80 Å². The quantitative estimate of drug-likeness (QED) is 0.348. The van der Waals surface area contributed by atoms with Crippen molar-refractivity contribution < 1.29 is 0 Å². The Labute approximate surface area is 180 Å². The standard InChI is InChI=1S/C28H28N2/c1-29(21-23-9-5-3-6-10-23)27-17-13-25(14-18-27)26-15-19-28(20-16-26)30(2)22-24-11-7-4-8-12-24/h3-20H,21-22H2,1-2H3. The highest BCUT2D eigenvalue weighted by atomic mass is 15.1. The molecule has 0 aliphatic rings. The van der Waals surface area contributed by atoms with Crippen molar-refractivity contribution in [1.82, 2.24) is 0 Å². The fourth-order valence-corrected chi connectivity index (χ4v) is 3.71. The Morgan fingerprint density at radius 2 is 0.767 bits per heavy atom. The van der Waals surface area contributed by atoms with E-state index in [1.54, 1.807) is 0 Å². The molecule has 0 fully saturated rings. The Bertz CT molecular complexity index is 950. The average molecular weight is 393 g/mol. The fourth-order valence-electron chi connectivity index (χ4n) is 3.71. The highest BCUT2D eigenvalue weighted by molar-refractivity contribution is 5.68. The van der Waals surface area contributed by atoms with E-state index in [0.717, 1.165) is 13.1 Å². The van der Waals surface area contributed by atoms with Gasteiger partial charge in [0.25, 0.3) is 0 Å². The summed E-state index contributed by atoms with van der Waals surface area (Å²) in [6, 6.07) is 38.8. The normalized spacial score (nSPS) is 10.6. The zero-order valence-corrected chi connectivity index (χ0v) is 17.7. The van der Waals surface area contributed by atoms with Gasteiger partial charge in [-0.15, -0.1) is 0 Å². The van der Waals surface area contributed by atoms with Crippen LogP contribution >= 0.6 is 0 Å². The molecule has 4 aromatic rings. The molecule has 0 saturated carbocycles. The molecule has 0 aliphatic carbocycles. The molecule has 0 N–H and O–H groups in total. The van der Waals surface area contributed by atoms with Gasteiger partial charge in [0.2, 0.25) is 0 Å². The SMILES string of the molecule is CN(Cc1ccccc1)c1ccc(-c2ccc(N(C)Cc3ccccc3)cc2)cc1. The van der Waals surface area contributed by atoms with Gasteiger partial charge in [0.05, 0.1) is 0 Å². The first-order chi connectivity index (χ1) is 14.7. The molecule has 0 radical (unpaired) electrons. The van der Waals surface area contributed by atoms with Gasteiger partial charge in [-0.05, 0) is 46.5 Å². The smallest absolute Gasteiger partial charge is 0.0426 e. The van der Waals surface area contributed by atoms with Crippen LogP contribution in [0.2, 0.25) is 0 Å². The average Bonchev–Trinajstić information content (AvgIpc) is 2.80. The van der Waals surface area contributed by atoms with Crippen LogP contribution in [0.25, 0.3) is 11.1 Å². The topological polar surface area (TPSA) is 6.48 Å². The van der Waals surface area contributed by atoms with Crippen molar-refractivity contribution in [3.63, 3.8) is 0 Å². The third-order valence-corrected chi connectivity index (χ3v) is 5.47. The third-order valence-electron chi connectivity index (χ3n) is 5.47. The number of hydrogen-bond acceptors (Lipinski definition) is 2. The predicted octanol–water partition coefficient (Wildman–Crippen LogP) is 6.63. The third kappa shape index (κ3) is 4.90. The van der Waals surface area contributed by atoms with Gasteiger partial charge in [-0.2, -0.15) is 0 Å². The van der Waals surface area contributed by atoms with Gasteiger partial charge in [-0.3, -0.25) is 0 Å². The van der Waals surface area contributed by atoms with Crippen LogP contribution in [-0.4, -0.2) is 14.1 Å². The lowest BCUT2D eigenvalue weighted by atomic mass is 10.0. The summed E-state index contributed by atoms with van der Waals surface area (Å²) in [6.45, 7) is 1.81. The molecule has 4 aromatic carbocycles. The number of rotatable bonds is 7. The first kappa shape index (κ1) is 19.8. The molecule has 0 heterocycles. The molecule has 0 aromatic heterocycles. The summed E-state index contributed by atoms with van der Waals surface area (Å²) in [4.78, 5) is 4.56. The number of anilines is 2. The van der Waals surface area contributed by atoms with Crippen LogP contribution in [-0.2, 0) is 13.1 Å². The van der Waals surface area contributed by atoms with Crippen LogP contribution in [0.1, 0.15) is 11.1 Å². The summed E-state index contributed by atoms with van der Waals surface area (Å²) in [5.74, 6) is 0. The molecule has 0 saturated heterocycles. The lowest BCUT2D eigenvalue weighted by Crippen LogP contribution is -2.16. The molecule has 0 bridgehead atoms. The van der Waals surface area contributed by atoms with Crippen LogP contribution in [0.3, 0.4) is 0 Å². The Balaban J connectivity index is 1.41. The lowest BCUT2D eigenvalue weighted by Gasteiger charge is -2.20. The van der Waals surface area contributed by atoms with Gasteiger partial charge in [0, 0.05) is 38.6 Å². The molecule has 0 atom stereocenters. The van der Waals surface area contributed by atoms with Crippen LogP contribution in [0, 0.1) is 0 Å². The Hall–Kier alpha value is -3.52. The fraction of sp³-hybridized carbons (Fsp3) is 0.143. The van der Waals surface area contributed by atoms with E-state index in [-0.39, 0.29) is 0 Å². The summed E-state index contributed by atoms with van der Waals surface area (Å²) in [7, 11) is 4.28. The molecule has 2 heteroatoms. The summed E-state index contributed by atoms with van der Waals surface area (Å²) >= 11 is 0. The van der Waals surface area contributed by atoms with Gasteiger partial charge in [-0.25, -0.2) is 0 Å². The molecule has 0 spiro atoms. The maximum absolute atomic E-state index is 2.28. The zero-order chi connectivity index (χ0) is 20.8. The van der Waals surface area contributed by atoms with E-state index in [2.05, 4.69) is 133 Å². The summed E-state index contributed by atoms with van der Waals surface area (Å²) in [5, 5.41) is 0. The predicted molar refractivity (Wildman–Crippen MR) is 129 cm³/mol. The minimum absolute atomic E-state index is 0.905. The van der Waals surface area contributed by atoms with Crippen molar-refractivity contribution in [3.8, 4) is 11.1 Å². The first-order valence-corrected chi connectivity index (χ1v) is 10.4. The lowest BCUT2D eigenvalue weighted by molar-refractivity contribution is 0.923. The summed E-state index contributed by atoms with van der Waals surface area (Å²) in [6.07, 6.45) is 0. The first-order valence-electron chi connectivity index (χ1n) is 10.4. The van der Waals surface area contributed by atoms with Crippen molar-refractivity contribution in [3.05, 3.63) is 120 Å². The molecule has 150 valence electrons. The summed E-state index contributed by atoms with van der Waals surface area (Å²) < 4.78 is 0. The van der Waals surface area contributed by atoms with Gasteiger partial charge in [0.1, 0.15) is 0 Å². The summed E-state index contributed by atoms with van der Waals surface area (Å²) in [5.41, 5.74) is 7.57. The molecule has 4 rings (SSSR count). The van der Waals surface area contributed by atoms with Crippen molar-refractivity contribution in [1.29, 1.82) is 0 Å². The number of hydrogen-bond donors (Lipinski definition) is 0. The molecular formula is C28H28N2. The van der Waals surface area contributed by atoms with E-state index < -0.39 is 0 Å². The zero-order valence-electron chi connectivity index (χ0n) is 17.7. The van der Waals surface area contributed by atoms with Crippen LogP contribution < -0.4 is 9.80 Å². The van der Waals surface area contributed by atoms with E-state index >= 15 is 0 Å². The van der Waals surface area contributed by atoms with E-state index in [4.69, 9.17) is 0 Å². The molecular weight excluding hydrogens is 364 g/mol. The minimum atomic E-state index is 0.905. The second-order valence-corrected chi connectivity index (χ2v) is 7.78. The minimum Gasteiger partial charge on any atom is -0.370 e. The Morgan fingerprint density at radius 1 is 0.433 bits per heavy atom. The van der Waals surface area contributed by atoms with Crippen molar-refractivity contribution in [2.45, 2.75) is 13.1 Å². The van der Waals surface area contributed by atoms with Crippen molar-refractivity contribution >= 4 is 11.4 Å². The van der Waals surface area contributed by atoms with E-state index in [0.29, 0.717) is 0 Å². The van der Waals surface area contributed by atoms with Crippen LogP contribution in [0.4, 0.5) is 11.4 Å². The maximum Gasteiger partial charge on any atom is 0.0426 e. The molecule has 0 amide bonds. The molecule has 2 nitrogen and oxygen atoms in total. The van der Waals surface area contributed by atoms with Crippen LogP contribution in [0.5, 0.6) is 0 Å². The Kier molecular flexibility index (Phi) is 6.14. The Morgan fingerprint density at radius 3 is 1.10 bits per heavy atom. The molecule has 30 heavy (non-hydrogen) atoms. The number of nitrogens with zero attached hydrogens (tertiary/aromatic N) is 2. The van der Waals surface area contributed by atoms with Gasteiger partial charge >= 0.3 is 0 Å². The molecule has 0 aliphatic heterocycles. The van der Waals surface area contributed by atoms with E-state index in [1.807, 2.05) is 0 Å².